The molecule has 0 unspecified atom stereocenters. The van der Waals surface area contributed by atoms with E-state index in [9.17, 15) is 9.59 Å². The lowest BCUT2D eigenvalue weighted by Crippen LogP contribution is -2.09. The molecule has 7 heteroatoms. The van der Waals surface area contributed by atoms with Gasteiger partial charge in [0, 0.05) is 30.6 Å². The Kier molecular flexibility index (Phi) is 5.40. The van der Waals surface area contributed by atoms with Crippen molar-refractivity contribution in [2.24, 2.45) is 0 Å². The van der Waals surface area contributed by atoms with Gasteiger partial charge < -0.3 is 10.6 Å². The van der Waals surface area contributed by atoms with Crippen LogP contribution in [0.5, 0.6) is 0 Å². The van der Waals surface area contributed by atoms with E-state index in [1.165, 1.54) is 13.8 Å². The monoisotopic (exact) mass is 363 g/mol. The average Bonchev–Trinajstić information content (AvgIpc) is 2.59. The number of pyridine rings is 3. The van der Waals surface area contributed by atoms with Crippen molar-refractivity contribution < 1.29 is 9.59 Å². The van der Waals surface area contributed by atoms with E-state index in [4.69, 9.17) is 0 Å². The van der Waals surface area contributed by atoms with Crippen LogP contribution >= 0.6 is 0 Å². The van der Waals surface area contributed by atoms with Crippen molar-refractivity contribution in [3.05, 3.63) is 53.3 Å². The van der Waals surface area contributed by atoms with Crippen LogP contribution in [0.25, 0.3) is 11.0 Å². The molecule has 0 radical (unpaired) electrons. The van der Waals surface area contributed by atoms with Crippen molar-refractivity contribution in [1.82, 2.24) is 15.0 Å². The van der Waals surface area contributed by atoms with Gasteiger partial charge in [0.2, 0.25) is 11.8 Å². The molecule has 0 aliphatic heterocycles. The first kappa shape index (κ1) is 18.4. The van der Waals surface area contributed by atoms with Gasteiger partial charge in [-0.05, 0) is 55.7 Å². The molecule has 0 atom stereocenters. The van der Waals surface area contributed by atoms with Gasteiger partial charge >= 0.3 is 0 Å². The van der Waals surface area contributed by atoms with E-state index >= 15 is 0 Å². The quantitative estimate of drug-likeness (QED) is 0.726. The number of fused-ring (bicyclic) bond motifs is 1. The molecular formula is C20H21N5O2. The lowest BCUT2D eigenvalue weighted by molar-refractivity contribution is -0.115. The summed E-state index contributed by atoms with van der Waals surface area (Å²) in [6.45, 7) is 4.92. The largest absolute Gasteiger partial charge is 0.311 e. The van der Waals surface area contributed by atoms with E-state index < -0.39 is 0 Å². The molecule has 0 saturated heterocycles. The van der Waals surface area contributed by atoms with Crippen LogP contribution < -0.4 is 10.6 Å². The lowest BCUT2D eigenvalue weighted by Gasteiger charge is -2.08. The Morgan fingerprint density at radius 3 is 2.22 bits per heavy atom. The summed E-state index contributed by atoms with van der Waals surface area (Å²) in [4.78, 5) is 35.9. The number of anilines is 2. The molecule has 0 aromatic carbocycles. The van der Waals surface area contributed by atoms with Crippen molar-refractivity contribution in [1.29, 1.82) is 0 Å². The summed E-state index contributed by atoms with van der Waals surface area (Å²) in [7, 11) is 0. The van der Waals surface area contributed by atoms with Crippen molar-refractivity contribution in [2.45, 2.75) is 33.6 Å². The SMILES string of the molecule is CC(=O)Nc1cccc(CCc2cc(C)c3ccc(NC(C)=O)nc3n2)n1. The van der Waals surface area contributed by atoms with Gasteiger partial charge in [-0.15, -0.1) is 0 Å². The molecule has 0 saturated carbocycles. The Bertz CT molecular complexity index is 1020. The minimum atomic E-state index is -0.167. The van der Waals surface area contributed by atoms with E-state index in [0.29, 0.717) is 30.1 Å². The zero-order chi connectivity index (χ0) is 19.4. The van der Waals surface area contributed by atoms with Crippen LogP contribution in [0.15, 0.2) is 36.4 Å². The Labute approximate surface area is 157 Å². The van der Waals surface area contributed by atoms with Crippen molar-refractivity contribution in [3.63, 3.8) is 0 Å². The average molecular weight is 363 g/mol. The lowest BCUT2D eigenvalue weighted by atomic mass is 10.1. The molecule has 3 aromatic rings. The zero-order valence-corrected chi connectivity index (χ0v) is 15.5. The molecule has 2 N–H and O–H groups in total. The third kappa shape index (κ3) is 4.84. The smallest absolute Gasteiger partial charge is 0.222 e. The molecule has 2 amide bonds. The third-order valence-corrected chi connectivity index (χ3v) is 3.98. The first-order valence-corrected chi connectivity index (χ1v) is 8.69. The van der Waals surface area contributed by atoms with Gasteiger partial charge in [-0.25, -0.2) is 15.0 Å². The molecule has 3 rings (SSSR count). The highest BCUT2D eigenvalue weighted by Crippen LogP contribution is 2.19. The maximum absolute atomic E-state index is 11.2. The van der Waals surface area contributed by atoms with Crippen molar-refractivity contribution in [3.8, 4) is 0 Å². The Morgan fingerprint density at radius 2 is 1.52 bits per heavy atom. The molecule has 0 bridgehead atoms. The fourth-order valence-electron chi connectivity index (χ4n) is 2.84. The van der Waals surface area contributed by atoms with Crippen LogP contribution in [0.3, 0.4) is 0 Å². The molecule has 7 nitrogen and oxygen atoms in total. The number of aryl methyl sites for hydroxylation is 3. The van der Waals surface area contributed by atoms with Crippen LogP contribution in [0, 0.1) is 6.92 Å². The predicted octanol–water partition coefficient (Wildman–Crippen LogP) is 3.04. The summed E-state index contributed by atoms with van der Waals surface area (Å²) in [6.07, 6.45) is 1.39. The highest BCUT2D eigenvalue weighted by Gasteiger charge is 2.08. The van der Waals surface area contributed by atoms with Gasteiger partial charge in [-0.1, -0.05) is 6.07 Å². The molecule has 0 aliphatic rings. The number of carbonyl (C=O) groups is 2. The van der Waals surface area contributed by atoms with Crippen LogP contribution in [0.4, 0.5) is 11.6 Å². The molecule has 3 heterocycles. The summed E-state index contributed by atoms with van der Waals surface area (Å²) in [5, 5.41) is 6.33. The molecule has 138 valence electrons. The Morgan fingerprint density at radius 1 is 0.852 bits per heavy atom. The number of hydrogen-bond donors (Lipinski definition) is 2. The fourth-order valence-corrected chi connectivity index (χ4v) is 2.84. The molecule has 27 heavy (non-hydrogen) atoms. The highest BCUT2D eigenvalue weighted by atomic mass is 16.2. The third-order valence-electron chi connectivity index (χ3n) is 3.98. The van der Waals surface area contributed by atoms with Gasteiger partial charge in [-0.2, -0.15) is 0 Å². The van der Waals surface area contributed by atoms with E-state index in [2.05, 4.69) is 25.6 Å². The first-order chi connectivity index (χ1) is 12.9. The number of hydrogen-bond acceptors (Lipinski definition) is 5. The summed E-state index contributed by atoms with van der Waals surface area (Å²) >= 11 is 0. The van der Waals surface area contributed by atoms with Crippen LogP contribution in [-0.2, 0) is 22.4 Å². The van der Waals surface area contributed by atoms with Crippen molar-refractivity contribution in [2.75, 3.05) is 10.6 Å². The minimum absolute atomic E-state index is 0.146. The Hall–Kier alpha value is -3.35. The standard InChI is InChI=1S/C20H21N5O2/c1-12-11-16(8-7-15-5-4-6-18(23-15)21-13(2)26)24-20-17(12)9-10-19(25-20)22-14(3)27/h4-6,9-11H,7-8H2,1-3H3,(H,21,23,26)(H,22,24,25,27). The topological polar surface area (TPSA) is 96.9 Å². The summed E-state index contributed by atoms with van der Waals surface area (Å²) in [6, 6.07) is 11.3. The van der Waals surface area contributed by atoms with Crippen LogP contribution in [0.2, 0.25) is 0 Å². The number of amides is 2. The van der Waals surface area contributed by atoms with E-state index in [-0.39, 0.29) is 11.8 Å². The first-order valence-electron chi connectivity index (χ1n) is 8.69. The normalized spacial score (nSPS) is 10.6. The second-order valence-electron chi connectivity index (χ2n) is 6.37. The van der Waals surface area contributed by atoms with Gasteiger partial charge in [-0.3, -0.25) is 9.59 Å². The predicted molar refractivity (Wildman–Crippen MR) is 105 cm³/mol. The van der Waals surface area contributed by atoms with Crippen molar-refractivity contribution >= 4 is 34.5 Å². The van der Waals surface area contributed by atoms with Crippen LogP contribution in [-0.4, -0.2) is 26.8 Å². The summed E-state index contributed by atoms with van der Waals surface area (Å²) in [5.41, 5.74) is 3.47. The number of carbonyl (C=O) groups excluding carboxylic acids is 2. The van der Waals surface area contributed by atoms with E-state index in [1.807, 2.05) is 31.2 Å². The van der Waals surface area contributed by atoms with Gasteiger partial charge in [0.25, 0.3) is 0 Å². The molecule has 0 spiro atoms. The number of nitrogens with one attached hydrogen (secondary N) is 2. The Balaban J connectivity index is 1.80. The molecule has 0 fully saturated rings. The summed E-state index contributed by atoms with van der Waals surface area (Å²) < 4.78 is 0. The second-order valence-corrected chi connectivity index (χ2v) is 6.37. The van der Waals surface area contributed by atoms with E-state index in [0.717, 1.165) is 22.3 Å². The second kappa shape index (κ2) is 7.90. The molecular weight excluding hydrogens is 342 g/mol. The molecule has 0 aliphatic carbocycles. The summed E-state index contributed by atoms with van der Waals surface area (Å²) in [5.74, 6) is 0.723. The van der Waals surface area contributed by atoms with E-state index in [1.54, 1.807) is 12.1 Å². The maximum atomic E-state index is 11.2. The minimum Gasteiger partial charge on any atom is -0.311 e. The number of nitrogens with zero attached hydrogens (tertiary/aromatic N) is 3. The maximum Gasteiger partial charge on any atom is 0.222 e. The highest BCUT2D eigenvalue weighted by molar-refractivity contribution is 5.89. The number of aromatic nitrogens is 3. The van der Waals surface area contributed by atoms with Gasteiger partial charge in [0.05, 0.1) is 0 Å². The zero-order valence-electron chi connectivity index (χ0n) is 15.5. The van der Waals surface area contributed by atoms with Gasteiger partial charge in [0.15, 0.2) is 5.65 Å². The van der Waals surface area contributed by atoms with Crippen LogP contribution in [0.1, 0.15) is 30.8 Å². The number of rotatable bonds is 5. The fraction of sp³-hybridized carbons (Fsp3) is 0.250. The molecule has 3 aromatic heterocycles. The van der Waals surface area contributed by atoms with Gasteiger partial charge in [0.1, 0.15) is 11.6 Å².